The summed E-state index contributed by atoms with van der Waals surface area (Å²) in [7, 11) is 0. The molecule has 0 spiro atoms. The Morgan fingerprint density at radius 3 is 2.47 bits per heavy atom. The number of nitrogens with zero attached hydrogens (tertiary/aromatic N) is 1. The predicted molar refractivity (Wildman–Crippen MR) is 54.2 cm³/mol. The molecule has 2 aliphatic rings. The maximum Gasteiger partial charge on any atom is 0.407 e. The van der Waals surface area contributed by atoms with Crippen LogP contribution in [0.5, 0.6) is 0 Å². The first-order chi connectivity index (χ1) is 8.68. The molecular formula is C11H11F6NO. The van der Waals surface area contributed by atoms with Crippen molar-refractivity contribution in [1.82, 2.24) is 4.90 Å². The Labute approximate surface area is 105 Å². The third-order valence-corrected chi connectivity index (χ3v) is 3.03. The highest BCUT2D eigenvalue weighted by atomic mass is 19.4. The van der Waals surface area contributed by atoms with E-state index in [4.69, 9.17) is 4.74 Å². The lowest BCUT2D eigenvalue weighted by Gasteiger charge is -2.44. The largest absolute Gasteiger partial charge is 0.494 e. The van der Waals surface area contributed by atoms with Crippen molar-refractivity contribution < 1.29 is 31.1 Å². The molecule has 1 heterocycles. The average Bonchev–Trinajstić information content (AvgIpc) is 2.25. The topological polar surface area (TPSA) is 12.5 Å². The summed E-state index contributed by atoms with van der Waals surface area (Å²) < 4.78 is 80.8. The number of halogens is 6. The molecule has 108 valence electrons. The molecule has 0 saturated carbocycles. The van der Waals surface area contributed by atoms with Crippen LogP contribution >= 0.6 is 0 Å². The van der Waals surface area contributed by atoms with Crippen molar-refractivity contribution in [1.29, 1.82) is 0 Å². The summed E-state index contributed by atoms with van der Waals surface area (Å²) >= 11 is 0. The standard InChI is InChI=1S/C11H11F6NO/c12-10(13,14)6-18-7-3-1-2-4-8(7)19-5-9(18)11(15,16)17/h1-2,4,7,9H,3,5-6H2. The number of hydrogen-bond donors (Lipinski definition) is 0. The average molecular weight is 287 g/mol. The zero-order valence-electron chi connectivity index (χ0n) is 9.63. The lowest BCUT2D eigenvalue weighted by molar-refractivity contribution is -0.235. The maximum atomic E-state index is 12.8. The van der Waals surface area contributed by atoms with E-state index in [-0.39, 0.29) is 12.2 Å². The van der Waals surface area contributed by atoms with E-state index in [1.807, 2.05) is 0 Å². The van der Waals surface area contributed by atoms with Gasteiger partial charge in [0.1, 0.15) is 18.4 Å². The zero-order valence-corrected chi connectivity index (χ0v) is 9.63. The van der Waals surface area contributed by atoms with Gasteiger partial charge in [0.2, 0.25) is 0 Å². The van der Waals surface area contributed by atoms with Crippen molar-refractivity contribution in [3.8, 4) is 0 Å². The normalized spacial score (nSPS) is 28.6. The second-order valence-electron chi connectivity index (χ2n) is 4.40. The molecule has 0 N–H and O–H groups in total. The summed E-state index contributed by atoms with van der Waals surface area (Å²) in [4.78, 5) is 0.429. The molecule has 8 heteroatoms. The Hall–Kier alpha value is -1.18. The SMILES string of the molecule is FC(F)(F)CN1C2CC=CC=C2OCC1C(F)(F)F. The number of hydrogen-bond acceptors (Lipinski definition) is 2. The van der Waals surface area contributed by atoms with Crippen molar-refractivity contribution in [2.45, 2.75) is 30.9 Å². The fourth-order valence-electron chi connectivity index (χ4n) is 2.24. The smallest absolute Gasteiger partial charge is 0.407 e. The van der Waals surface area contributed by atoms with Gasteiger partial charge in [0.25, 0.3) is 0 Å². The van der Waals surface area contributed by atoms with Gasteiger partial charge >= 0.3 is 12.4 Å². The molecule has 19 heavy (non-hydrogen) atoms. The van der Waals surface area contributed by atoms with Gasteiger partial charge in [-0.3, -0.25) is 4.90 Å². The van der Waals surface area contributed by atoms with Crippen LogP contribution in [0.4, 0.5) is 26.3 Å². The van der Waals surface area contributed by atoms with Crippen LogP contribution in [-0.4, -0.2) is 42.5 Å². The lowest BCUT2D eigenvalue weighted by atomic mass is 10.00. The molecule has 2 atom stereocenters. The molecule has 1 saturated heterocycles. The van der Waals surface area contributed by atoms with E-state index in [1.54, 1.807) is 6.08 Å². The fourth-order valence-corrected chi connectivity index (χ4v) is 2.24. The van der Waals surface area contributed by atoms with Crippen LogP contribution in [0, 0.1) is 0 Å². The number of alkyl halides is 6. The third kappa shape index (κ3) is 3.23. The molecule has 0 radical (unpaired) electrons. The van der Waals surface area contributed by atoms with Crippen molar-refractivity contribution in [2.24, 2.45) is 0 Å². The van der Waals surface area contributed by atoms with E-state index in [0.717, 1.165) is 0 Å². The van der Waals surface area contributed by atoms with Crippen molar-refractivity contribution in [3.63, 3.8) is 0 Å². The zero-order chi connectivity index (χ0) is 14.3. The van der Waals surface area contributed by atoms with E-state index in [0.29, 0.717) is 4.90 Å². The van der Waals surface area contributed by atoms with Crippen LogP contribution < -0.4 is 0 Å². The summed E-state index contributed by atoms with van der Waals surface area (Å²) in [6, 6.07) is -3.24. The van der Waals surface area contributed by atoms with Gasteiger partial charge in [0.05, 0.1) is 12.6 Å². The molecular weight excluding hydrogens is 276 g/mol. The van der Waals surface area contributed by atoms with Crippen LogP contribution in [0.2, 0.25) is 0 Å². The van der Waals surface area contributed by atoms with Crippen LogP contribution in [-0.2, 0) is 4.74 Å². The molecule has 0 aromatic rings. The predicted octanol–water partition coefficient (Wildman–Crippen LogP) is 3.02. The summed E-state index contributed by atoms with van der Waals surface area (Å²) in [6.07, 6.45) is -4.87. The Morgan fingerprint density at radius 2 is 1.89 bits per heavy atom. The molecule has 0 aromatic carbocycles. The minimum atomic E-state index is -4.75. The van der Waals surface area contributed by atoms with E-state index in [1.165, 1.54) is 12.2 Å². The van der Waals surface area contributed by atoms with Crippen LogP contribution in [0.1, 0.15) is 6.42 Å². The van der Waals surface area contributed by atoms with Crippen LogP contribution in [0.15, 0.2) is 24.0 Å². The van der Waals surface area contributed by atoms with Gasteiger partial charge in [-0.05, 0) is 12.5 Å². The summed E-state index contributed by atoms with van der Waals surface area (Å²) in [5.41, 5.74) is 0. The quantitative estimate of drug-likeness (QED) is 0.687. The molecule has 0 aromatic heterocycles. The van der Waals surface area contributed by atoms with Crippen molar-refractivity contribution >= 4 is 0 Å². The molecule has 2 nitrogen and oxygen atoms in total. The minimum absolute atomic E-state index is 0.0779. The van der Waals surface area contributed by atoms with Crippen LogP contribution in [0.3, 0.4) is 0 Å². The molecule has 1 aliphatic heterocycles. The van der Waals surface area contributed by atoms with E-state index < -0.39 is 37.6 Å². The van der Waals surface area contributed by atoms with E-state index >= 15 is 0 Å². The van der Waals surface area contributed by atoms with Crippen molar-refractivity contribution in [2.75, 3.05) is 13.2 Å². The van der Waals surface area contributed by atoms with Gasteiger partial charge in [-0.1, -0.05) is 12.2 Å². The first kappa shape index (κ1) is 14.2. The van der Waals surface area contributed by atoms with Gasteiger partial charge in [0.15, 0.2) is 0 Å². The highest BCUT2D eigenvalue weighted by molar-refractivity contribution is 5.22. The first-order valence-corrected chi connectivity index (χ1v) is 5.57. The Morgan fingerprint density at radius 1 is 1.21 bits per heavy atom. The number of morpholine rings is 1. The van der Waals surface area contributed by atoms with E-state index in [9.17, 15) is 26.3 Å². The minimum Gasteiger partial charge on any atom is -0.494 e. The number of rotatable bonds is 1. The molecule has 2 rings (SSSR count). The van der Waals surface area contributed by atoms with Gasteiger partial charge < -0.3 is 4.74 Å². The number of fused-ring (bicyclic) bond motifs is 1. The molecule has 2 unspecified atom stereocenters. The molecule has 0 amide bonds. The second kappa shape index (κ2) is 4.73. The van der Waals surface area contributed by atoms with Gasteiger partial charge in [-0.25, -0.2) is 0 Å². The maximum absolute atomic E-state index is 12.8. The first-order valence-electron chi connectivity index (χ1n) is 5.57. The number of ether oxygens (including phenoxy) is 1. The molecule has 1 aliphatic carbocycles. The second-order valence-corrected chi connectivity index (χ2v) is 4.40. The van der Waals surface area contributed by atoms with Crippen molar-refractivity contribution in [3.05, 3.63) is 24.0 Å². The third-order valence-electron chi connectivity index (χ3n) is 3.03. The Kier molecular flexibility index (Phi) is 3.55. The van der Waals surface area contributed by atoms with Gasteiger partial charge in [0, 0.05) is 0 Å². The van der Waals surface area contributed by atoms with Gasteiger partial charge in [-0.2, -0.15) is 26.3 Å². The Balaban J connectivity index is 2.27. The highest BCUT2D eigenvalue weighted by Gasteiger charge is 2.52. The summed E-state index contributed by atoms with van der Waals surface area (Å²) in [6.45, 7) is -2.41. The Bertz CT molecular complexity index is 397. The molecule has 0 bridgehead atoms. The fraction of sp³-hybridized carbons (Fsp3) is 0.636. The summed E-state index contributed by atoms with van der Waals surface area (Å²) in [5.74, 6) is 0.159. The number of allylic oxidation sites excluding steroid dienone is 2. The summed E-state index contributed by atoms with van der Waals surface area (Å²) in [5, 5.41) is 0. The van der Waals surface area contributed by atoms with E-state index in [2.05, 4.69) is 0 Å². The lowest BCUT2D eigenvalue weighted by Crippen LogP contribution is -2.59. The van der Waals surface area contributed by atoms with Gasteiger partial charge in [-0.15, -0.1) is 0 Å². The monoisotopic (exact) mass is 287 g/mol. The highest BCUT2D eigenvalue weighted by Crippen LogP contribution is 2.37. The van der Waals surface area contributed by atoms with Crippen LogP contribution in [0.25, 0.3) is 0 Å². The molecule has 1 fully saturated rings.